The number of hydrogen-bond donors (Lipinski definition) is 2. The van der Waals surface area contributed by atoms with Gasteiger partial charge in [-0.25, -0.2) is 4.39 Å². The number of nitrogens with one attached hydrogen (secondary N) is 2. The minimum Gasteiger partial charge on any atom is -0.379 e. The van der Waals surface area contributed by atoms with Crippen LogP contribution in [0, 0.1) is 5.82 Å². The Hall–Kier alpha value is -1.66. The van der Waals surface area contributed by atoms with Crippen molar-refractivity contribution < 1.29 is 9.13 Å². The van der Waals surface area contributed by atoms with Crippen LogP contribution in [0.25, 0.3) is 0 Å². The highest BCUT2D eigenvalue weighted by Gasteiger charge is 2.44. The average Bonchev–Trinajstić information content (AvgIpc) is 3.46. The Bertz CT molecular complexity index is 594. The minimum atomic E-state index is -0.180. The molecular weight excluding hydrogens is 331 g/mol. The molecule has 2 N–H and O–H groups in total. The quantitative estimate of drug-likeness (QED) is 0.576. The largest absolute Gasteiger partial charge is 0.379 e. The average molecular weight is 362 g/mol. The van der Waals surface area contributed by atoms with E-state index in [0.29, 0.717) is 6.04 Å². The highest BCUT2D eigenvalue weighted by molar-refractivity contribution is 5.79. The molecule has 0 bridgehead atoms. The molecule has 2 fully saturated rings. The van der Waals surface area contributed by atoms with Gasteiger partial charge >= 0.3 is 0 Å². The first kappa shape index (κ1) is 19.1. The molecule has 1 aromatic rings. The second kappa shape index (κ2) is 8.82. The Balaban J connectivity index is 1.55. The molecule has 0 amide bonds. The van der Waals surface area contributed by atoms with Gasteiger partial charge < -0.3 is 15.4 Å². The smallest absolute Gasteiger partial charge is 0.191 e. The van der Waals surface area contributed by atoms with Crippen LogP contribution in [-0.4, -0.2) is 62.8 Å². The van der Waals surface area contributed by atoms with E-state index in [1.54, 1.807) is 12.1 Å². The van der Waals surface area contributed by atoms with Crippen molar-refractivity contribution in [3.63, 3.8) is 0 Å². The van der Waals surface area contributed by atoms with Crippen LogP contribution < -0.4 is 10.6 Å². The third-order valence-corrected chi connectivity index (χ3v) is 5.43. The summed E-state index contributed by atoms with van der Waals surface area (Å²) in [4.78, 5) is 7.27. The highest BCUT2D eigenvalue weighted by Crippen LogP contribution is 2.48. The number of morpholine rings is 1. The predicted octanol–water partition coefficient (Wildman–Crippen LogP) is 2.13. The molecule has 0 radical (unpaired) electrons. The topological polar surface area (TPSA) is 48.9 Å². The van der Waals surface area contributed by atoms with Crippen LogP contribution in [0.15, 0.2) is 29.3 Å². The number of halogens is 1. The second-order valence-electron chi connectivity index (χ2n) is 7.36. The Labute approximate surface area is 156 Å². The van der Waals surface area contributed by atoms with E-state index in [9.17, 15) is 4.39 Å². The van der Waals surface area contributed by atoms with Gasteiger partial charge in [-0.1, -0.05) is 12.1 Å². The van der Waals surface area contributed by atoms with E-state index in [2.05, 4.69) is 29.4 Å². The lowest BCUT2D eigenvalue weighted by atomic mass is 9.96. The fraction of sp³-hybridized carbons (Fsp3) is 0.650. The molecule has 1 atom stereocenters. The van der Waals surface area contributed by atoms with Crippen LogP contribution in [0.4, 0.5) is 4.39 Å². The van der Waals surface area contributed by atoms with Crippen molar-refractivity contribution in [2.45, 2.75) is 38.1 Å². The van der Waals surface area contributed by atoms with Crippen LogP contribution in [0.5, 0.6) is 0 Å². The first-order chi connectivity index (χ1) is 12.6. The lowest BCUT2D eigenvalue weighted by Crippen LogP contribution is -2.49. The predicted molar refractivity (Wildman–Crippen MR) is 103 cm³/mol. The maximum atomic E-state index is 13.2. The number of rotatable bonds is 7. The van der Waals surface area contributed by atoms with Crippen molar-refractivity contribution in [3.05, 3.63) is 35.6 Å². The summed E-state index contributed by atoms with van der Waals surface area (Å²) < 4.78 is 18.6. The van der Waals surface area contributed by atoms with Gasteiger partial charge in [0.25, 0.3) is 0 Å². The molecule has 5 nitrogen and oxygen atoms in total. The summed E-state index contributed by atoms with van der Waals surface area (Å²) in [6.45, 7) is 10.4. The SMILES string of the molecule is CCNC(=NCC1(c2ccc(F)cc2)CC1)NCC(C)N1CCOCC1. The summed E-state index contributed by atoms with van der Waals surface area (Å²) in [5, 5.41) is 6.81. The first-order valence-electron chi connectivity index (χ1n) is 9.73. The first-order valence-corrected chi connectivity index (χ1v) is 9.73. The Morgan fingerprint density at radius 1 is 1.23 bits per heavy atom. The zero-order valence-electron chi connectivity index (χ0n) is 15.9. The summed E-state index contributed by atoms with van der Waals surface area (Å²) in [6, 6.07) is 7.34. The van der Waals surface area contributed by atoms with Crippen LogP contribution in [0.1, 0.15) is 32.3 Å². The fourth-order valence-electron chi connectivity index (χ4n) is 3.46. The zero-order chi connectivity index (χ0) is 18.4. The molecule has 3 rings (SSSR count). The number of ether oxygens (including phenoxy) is 1. The number of hydrogen-bond acceptors (Lipinski definition) is 3. The summed E-state index contributed by atoms with van der Waals surface area (Å²) in [5.74, 6) is 0.682. The Morgan fingerprint density at radius 2 is 1.92 bits per heavy atom. The normalized spacial score (nSPS) is 21.3. The molecule has 1 heterocycles. The van der Waals surface area contributed by atoms with E-state index >= 15 is 0 Å². The maximum Gasteiger partial charge on any atom is 0.191 e. The molecule has 2 aliphatic rings. The lowest BCUT2D eigenvalue weighted by Gasteiger charge is -2.32. The van der Waals surface area contributed by atoms with Gasteiger partial charge in [-0.15, -0.1) is 0 Å². The molecule has 1 saturated carbocycles. The molecule has 0 spiro atoms. The van der Waals surface area contributed by atoms with E-state index in [1.165, 1.54) is 5.56 Å². The molecule has 1 saturated heterocycles. The van der Waals surface area contributed by atoms with Crippen LogP contribution in [0.2, 0.25) is 0 Å². The van der Waals surface area contributed by atoms with Crippen molar-refractivity contribution in [2.75, 3.05) is 45.9 Å². The zero-order valence-corrected chi connectivity index (χ0v) is 15.9. The van der Waals surface area contributed by atoms with E-state index in [-0.39, 0.29) is 11.2 Å². The van der Waals surface area contributed by atoms with Crippen molar-refractivity contribution in [2.24, 2.45) is 4.99 Å². The number of guanidine groups is 1. The summed E-state index contributed by atoms with van der Waals surface area (Å²) in [6.07, 6.45) is 2.23. The highest BCUT2D eigenvalue weighted by atomic mass is 19.1. The van der Waals surface area contributed by atoms with E-state index in [0.717, 1.165) is 64.7 Å². The molecule has 1 aromatic carbocycles. The molecule has 6 heteroatoms. The van der Waals surface area contributed by atoms with Crippen molar-refractivity contribution in [1.29, 1.82) is 0 Å². The van der Waals surface area contributed by atoms with Gasteiger partial charge in [0.1, 0.15) is 5.82 Å². The molecule has 26 heavy (non-hydrogen) atoms. The monoisotopic (exact) mass is 362 g/mol. The fourth-order valence-corrected chi connectivity index (χ4v) is 3.46. The van der Waals surface area contributed by atoms with Crippen molar-refractivity contribution in [3.8, 4) is 0 Å². The number of benzene rings is 1. The molecule has 1 aliphatic carbocycles. The maximum absolute atomic E-state index is 13.2. The molecule has 1 aliphatic heterocycles. The molecule has 144 valence electrons. The van der Waals surface area contributed by atoms with Crippen molar-refractivity contribution >= 4 is 5.96 Å². The van der Waals surface area contributed by atoms with Gasteiger partial charge in [-0.05, 0) is 44.4 Å². The van der Waals surface area contributed by atoms with E-state index < -0.39 is 0 Å². The van der Waals surface area contributed by atoms with Gasteiger partial charge in [-0.3, -0.25) is 9.89 Å². The Morgan fingerprint density at radius 3 is 2.54 bits per heavy atom. The van der Waals surface area contributed by atoms with Crippen molar-refractivity contribution in [1.82, 2.24) is 15.5 Å². The van der Waals surface area contributed by atoms with Crippen LogP contribution >= 0.6 is 0 Å². The van der Waals surface area contributed by atoms with Crippen LogP contribution in [0.3, 0.4) is 0 Å². The Kier molecular flexibility index (Phi) is 6.48. The minimum absolute atomic E-state index is 0.0892. The van der Waals surface area contributed by atoms with Gasteiger partial charge in [0, 0.05) is 37.6 Å². The van der Waals surface area contributed by atoms with Gasteiger partial charge in [-0.2, -0.15) is 0 Å². The third kappa shape index (κ3) is 4.95. The third-order valence-electron chi connectivity index (χ3n) is 5.43. The lowest BCUT2D eigenvalue weighted by molar-refractivity contribution is 0.0211. The van der Waals surface area contributed by atoms with Gasteiger partial charge in [0.15, 0.2) is 5.96 Å². The molecular formula is C20H31FN4O. The van der Waals surface area contributed by atoms with Gasteiger partial charge in [0.2, 0.25) is 0 Å². The van der Waals surface area contributed by atoms with E-state index in [1.807, 2.05) is 12.1 Å². The second-order valence-corrected chi connectivity index (χ2v) is 7.36. The van der Waals surface area contributed by atoms with Crippen LogP contribution in [-0.2, 0) is 10.2 Å². The van der Waals surface area contributed by atoms with E-state index in [4.69, 9.17) is 9.73 Å². The summed E-state index contributed by atoms with van der Waals surface area (Å²) in [7, 11) is 0. The number of aliphatic imine (C=N–C) groups is 1. The summed E-state index contributed by atoms with van der Waals surface area (Å²) >= 11 is 0. The molecule has 1 unspecified atom stereocenters. The molecule has 0 aromatic heterocycles. The summed E-state index contributed by atoms with van der Waals surface area (Å²) in [5.41, 5.74) is 1.28. The van der Waals surface area contributed by atoms with Gasteiger partial charge in [0.05, 0.1) is 19.8 Å². The number of nitrogens with zero attached hydrogens (tertiary/aromatic N) is 2. The standard InChI is InChI=1S/C20H31FN4O/c1-3-22-19(23-14-16(2)25-10-12-26-13-11-25)24-15-20(8-9-20)17-4-6-18(21)7-5-17/h4-7,16H,3,8-15H2,1-2H3,(H2,22,23,24).